The number of esters is 2. The highest BCUT2D eigenvalue weighted by Gasteiger charge is 2.06. The topological polar surface area (TPSA) is 52.6 Å². The van der Waals surface area contributed by atoms with Crippen molar-refractivity contribution in [3.05, 3.63) is 42.0 Å². The van der Waals surface area contributed by atoms with Crippen LogP contribution in [0.3, 0.4) is 0 Å². The number of ether oxygens (including phenoxy) is 2. The van der Waals surface area contributed by atoms with Gasteiger partial charge in [0.05, 0.1) is 6.61 Å². The number of carbonyl (C=O) groups excluding carboxylic acids is 2. The summed E-state index contributed by atoms with van der Waals surface area (Å²) in [6.45, 7) is 2.55. The molecule has 1 aromatic rings. The second-order valence-corrected chi connectivity index (χ2v) is 8.48. The zero-order valence-electron chi connectivity index (χ0n) is 20.1. The normalized spacial score (nSPS) is 11.1. The van der Waals surface area contributed by atoms with E-state index in [0.29, 0.717) is 12.7 Å². The van der Waals surface area contributed by atoms with Crippen molar-refractivity contribution in [3.8, 4) is 5.75 Å². The molecule has 33 heavy (non-hydrogen) atoms. The van der Waals surface area contributed by atoms with Crippen molar-refractivity contribution in [2.45, 2.75) is 103 Å². The molecule has 6 heteroatoms. The average molecular weight is 467 g/mol. The molecule has 0 aliphatic heterocycles. The van der Waals surface area contributed by atoms with Gasteiger partial charge in [0.15, 0.2) is 0 Å². The standard InChI is InChI=1S/C27H40F2O4/c1-2-3-4-5-6-7-8-9-10-11-12-13-14-15-16-19-32-26(30)17-18-27(31)33-25-21-23(28)20-24(29)22-25/h17-18,20-22H,2-16,19H2,1H3/b18-17+. The Kier molecular flexibility index (Phi) is 16.8. The van der Waals surface area contributed by atoms with Crippen molar-refractivity contribution in [1.82, 2.24) is 0 Å². The molecule has 186 valence electrons. The molecule has 0 aliphatic carbocycles. The molecule has 0 amide bonds. The van der Waals surface area contributed by atoms with Gasteiger partial charge < -0.3 is 9.47 Å². The number of hydrogen-bond donors (Lipinski definition) is 0. The van der Waals surface area contributed by atoms with Crippen LogP contribution in [0.5, 0.6) is 5.75 Å². The van der Waals surface area contributed by atoms with E-state index in [0.717, 1.165) is 43.5 Å². The van der Waals surface area contributed by atoms with E-state index < -0.39 is 23.6 Å². The molecule has 0 aliphatic rings. The van der Waals surface area contributed by atoms with Crippen LogP contribution < -0.4 is 4.74 Å². The number of hydrogen-bond acceptors (Lipinski definition) is 4. The molecular weight excluding hydrogens is 426 g/mol. The second-order valence-electron chi connectivity index (χ2n) is 8.48. The quantitative estimate of drug-likeness (QED) is 0.0902. The van der Waals surface area contributed by atoms with Gasteiger partial charge in [-0.2, -0.15) is 0 Å². The third kappa shape index (κ3) is 17.0. The van der Waals surface area contributed by atoms with Gasteiger partial charge in [-0.3, -0.25) is 0 Å². The first-order valence-corrected chi connectivity index (χ1v) is 12.5. The molecular formula is C27H40F2O4. The lowest BCUT2D eigenvalue weighted by Crippen LogP contribution is -2.07. The molecule has 1 rings (SSSR count). The van der Waals surface area contributed by atoms with Crippen molar-refractivity contribution >= 4 is 11.9 Å². The Hall–Kier alpha value is -2.24. The second kappa shape index (κ2) is 19.2. The summed E-state index contributed by atoms with van der Waals surface area (Å²) < 4.78 is 35.9. The van der Waals surface area contributed by atoms with E-state index in [1.54, 1.807) is 0 Å². The summed E-state index contributed by atoms with van der Waals surface area (Å²) in [6, 6.07) is 2.43. The van der Waals surface area contributed by atoms with Gasteiger partial charge in [0.1, 0.15) is 17.4 Å². The van der Waals surface area contributed by atoms with Gasteiger partial charge in [0.25, 0.3) is 0 Å². The molecule has 4 nitrogen and oxygen atoms in total. The predicted octanol–water partition coefficient (Wildman–Crippen LogP) is 7.84. The highest BCUT2D eigenvalue weighted by molar-refractivity contribution is 5.92. The lowest BCUT2D eigenvalue weighted by molar-refractivity contribution is -0.138. The summed E-state index contributed by atoms with van der Waals surface area (Å²) in [6.07, 6.45) is 20.8. The monoisotopic (exact) mass is 466 g/mol. The van der Waals surface area contributed by atoms with Crippen LogP contribution in [-0.4, -0.2) is 18.5 Å². The van der Waals surface area contributed by atoms with E-state index in [4.69, 9.17) is 9.47 Å². The summed E-state index contributed by atoms with van der Waals surface area (Å²) in [5.41, 5.74) is 0. The van der Waals surface area contributed by atoms with Crippen LogP contribution >= 0.6 is 0 Å². The highest BCUT2D eigenvalue weighted by Crippen LogP contribution is 2.16. The SMILES string of the molecule is CCCCCCCCCCCCCCCCCOC(=O)/C=C/C(=O)Oc1cc(F)cc(F)c1. The van der Waals surface area contributed by atoms with Crippen LogP contribution in [0.2, 0.25) is 0 Å². The molecule has 0 saturated carbocycles. The fourth-order valence-electron chi connectivity index (χ4n) is 3.57. The van der Waals surface area contributed by atoms with Crippen LogP contribution in [-0.2, 0) is 14.3 Å². The van der Waals surface area contributed by atoms with Crippen molar-refractivity contribution in [2.75, 3.05) is 6.61 Å². The molecule has 0 radical (unpaired) electrons. The third-order valence-corrected chi connectivity index (χ3v) is 5.40. The maximum atomic E-state index is 13.1. The molecule has 0 saturated heterocycles. The van der Waals surface area contributed by atoms with E-state index in [2.05, 4.69) is 6.92 Å². The van der Waals surface area contributed by atoms with Crippen molar-refractivity contribution < 1.29 is 27.8 Å². The zero-order chi connectivity index (χ0) is 24.2. The van der Waals surface area contributed by atoms with E-state index in [9.17, 15) is 18.4 Å². The number of carbonyl (C=O) groups is 2. The average Bonchev–Trinajstić information content (AvgIpc) is 2.76. The number of benzene rings is 1. The Morgan fingerprint density at radius 1 is 0.667 bits per heavy atom. The lowest BCUT2D eigenvalue weighted by atomic mass is 10.0. The minimum absolute atomic E-state index is 0.270. The van der Waals surface area contributed by atoms with Crippen molar-refractivity contribution in [3.63, 3.8) is 0 Å². The summed E-state index contributed by atoms with van der Waals surface area (Å²) in [5, 5.41) is 0. The molecule has 1 aromatic carbocycles. The summed E-state index contributed by atoms with van der Waals surface area (Å²) >= 11 is 0. The maximum absolute atomic E-state index is 13.1. The Balaban J connectivity index is 1.93. The van der Waals surface area contributed by atoms with Gasteiger partial charge in [0.2, 0.25) is 0 Å². The predicted molar refractivity (Wildman–Crippen MR) is 127 cm³/mol. The highest BCUT2D eigenvalue weighted by atomic mass is 19.1. The van der Waals surface area contributed by atoms with E-state index in [1.165, 1.54) is 77.0 Å². The number of halogens is 2. The largest absolute Gasteiger partial charge is 0.463 e. The molecule has 0 spiro atoms. The molecule has 0 fully saturated rings. The number of unbranched alkanes of at least 4 members (excludes halogenated alkanes) is 14. The first-order valence-electron chi connectivity index (χ1n) is 12.5. The Bertz CT molecular complexity index is 683. The van der Waals surface area contributed by atoms with E-state index in [1.807, 2.05) is 0 Å². The van der Waals surface area contributed by atoms with Gasteiger partial charge in [-0.15, -0.1) is 0 Å². The van der Waals surface area contributed by atoms with Gasteiger partial charge in [0, 0.05) is 30.4 Å². The minimum atomic E-state index is -0.913. The van der Waals surface area contributed by atoms with Crippen LogP contribution in [0, 0.1) is 11.6 Å². The van der Waals surface area contributed by atoms with Crippen LogP contribution in [0.1, 0.15) is 103 Å². The van der Waals surface area contributed by atoms with Crippen molar-refractivity contribution in [1.29, 1.82) is 0 Å². The van der Waals surface area contributed by atoms with E-state index in [-0.39, 0.29) is 5.75 Å². The van der Waals surface area contributed by atoms with Gasteiger partial charge >= 0.3 is 11.9 Å². The molecule has 0 unspecified atom stereocenters. The van der Waals surface area contributed by atoms with Crippen LogP contribution in [0.4, 0.5) is 8.78 Å². The lowest BCUT2D eigenvalue weighted by Gasteiger charge is -2.04. The molecule has 0 aromatic heterocycles. The number of rotatable bonds is 19. The fraction of sp³-hybridized carbons (Fsp3) is 0.630. The first kappa shape index (κ1) is 28.8. The van der Waals surface area contributed by atoms with Crippen LogP contribution in [0.15, 0.2) is 30.4 Å². The Labute approximate surface area is 197 Å². The Morgan fingerprint density at radius 3 is 1.58 bits per heavy atom. The fourth-order valence-corrected chi connectivity index (χ4v) is 3.57. The zero-order valence-corrected chi connectivity index (χ0v) is 20.1. The minimum Gasteiger partial charge on any atom is -0.463 e. The summed E-state index contributed by atoms with van der Waals surface area (Å²) in [5.74, 6) is -3.55. The van der Waals surface area contributed by atoms with Gasteiger partial charge in [-0.1, -0.05) is 96.8 Å². The van der Waals surface area contributed by atoms with Crippen LogP contribution in [0.25, 0.3) is 0 Å². The van der Waals surface area contributed by atoms with Gasteiger partial charge in [-0.25, -0.2) is 18.4 Å². The smallest absolute Gasteiger partial charge is 0.336 e. The molecule has 0 bridgehead atoms. The molecule has 0 atom stereocenters. The van der Waals surface area contributed by atoms with Crippen molar-refractivity contribution in [2.24, 2.45) is 0 Å². The maximum Gasteiger partial charge on any atom is 0.336 e. The Morgan fingerprint density at radius 2 is 1.09 bits per heavy atom. The first-order chi connectivity index (χ1) is 16.0. The summed E-state index contributed by atoms with van der Waals surface area (Å²) in [7, 11) is 0. The molecule has 0 N–H and O–H groups in total. The van der Waals surface area contributed by atoms with E-state index >= 15 is 0 Å². The third-order valence-electron chi connectivity index (χ3n) is 5.40. The summed E-state index contributed by atoms with van der Waals surface area (Å²) in [4.78, 5) is 23.2. The van der Waals surface area contributed by atoms with Gasteiger partial charge in [-0.05, 0) is 6.42 Å². The molecule has 0 heterocycles.